The van der Waals surface area contributed by atoms with E-state index in [2.05, 4.69) is 13.8 Å². The molecule has 0 saturated carbocycles. The van der Waals surface area contributed by atoms with Crippen molar-refractivity contribution in [2.45, 2.75) is 20.3 Å². The number of hydrogen-bond donors (Lipinski definition) is 0. The molecule has 0 aliphatic carbocycles. The van der Waals surface area contributed by atoms with E-state index in [9.17, 15) is 9.59 Å². The molecule has 4 rings (SSSR count). The topological polar surface area (TPSA) is 47.2 Å². The highest BCUT2D eigenvalue weighted by Crippen LogP contribution is 2.27. The summed E-state index contributed by atoms with van der Waals surface area (Å²) in [6.45, 7) is 5.95. The molecular formula is C21H25N3O2. The van der Waals surface area contributed by atoms with E-state index in [4.69, 9.17) is 0 Å². The third-order valence-corrected chi connectivity index (χ3v) is 5.66. The standard InChI is InChI=1S/C21H25N3O2/c1-13-9-14(2)12-24(11-13)21(26)18-10-16-19(22(18)3)15-7-5-6-8-17(15)23(4)20(16)25/h5-8,10,13-14H,9,11-12H2,1-4H3/t13-,14+. The lowest BCUT2D eigenvalue weighted by molar-refractivity contribution is 0.0614. The minimum atomic E-state index is -0.0614. The van der Waals surface area contributed by atoms with Gasteiger partial charge in [-0.05, 0) is 30.4 Å². The highest BCUT2D eigenvalue weighted by atomic mass is 16.2. The molecule has 0 spiro atoms. The Balaban J connectivity index is 1.91. The molecule has 1 fully saturated rings. The van der Waals surface area contributed by atoms with Gasteiger partial charge in [-0.15, -0.1) is 0 Å². The number of carbonyl (C=O) groups is 1. The van der Waals surface area contributed by atoms with E-state index in [0.717, 1.165) is 35.9 Å². The second-order valence-corrected chi connectivity index (χ2v) is 7.89. The van der Waals surface area contributed by atoms with Crippen LogP contribution in [-0.2, 0) is 14.1 Å². The third-order valence-electron chi connectivity index (χ3n) is 5.66. The van der Waals surface area contributed by atoms with Crippen molar-refractivity contribution in [3.05, 3.63) is 46.4 Å². The SMILES string of the molecule is C[C@@H]1C[C@H](C)CN(C(=O)c2cc3c(=O)n(C)c4ccccc4c3n2C)C1. The quantitative estimate of drug-likeness (QED) is 0.676. The average molecular weight is 351 g/mol. The first kappa shape index (κ1) is 16.9. The zero-order chi connectivity index (χ0) is 18.6. The van der Waals surface area contributed by atoms with E-state index in [-0.39, 0.29) is 11.5 Å². The van der Waals surface area contributed by atoms with Crippen molar-refractivity contribution >= 4 is 27.7 Å². The van der Waals surface area contributed by atoms with Gasteiger partial charge in [-0.25, -0.2) is 0 Å². The summed E-state index contributed by atoms with van der Waals surface area (Å²) >= 11 is 0. The number of hydrogen-bond acceptors (Lipinski definition) is 2. The van der Waals surface area contributed by atoms with Crippen molar-refractivity contribution in [3.63, 3.8) is 0 Å². The Bertz CT molecular complexity index is 1070. The van der Waals surface area contributed by atoms with Crippen molar-refractivity contribution in [2.24, 2.45) is 25.9 Å². The second-order valence-electron chi connectivity index (χ2n) is 7.89. The number of aryl methyl sites for hydroxylation is 2. The largest absolute Gasteiger partial charge is 0.339 e. The predicted molar refractivity (Wildman–Crippen MR) is 105 cm³/mol. The third kappa shape index (κ3) is 2.45. The van der Waals surface area contributed by atoms with Crippen LogP contribution in [0.4, 0.5) is 0 Å². The van der Waals surface area contributed by atoms with Crippen molar-refractivity contribution in [1.82, 2.24) is 14.0 Å². The van der Waals surface area contributed by atoms with Crippen LogP contribution in [0.3, 0.4) is 0 Å². The van der Waals surface area contributed by atoms with Gasteiger partial charge in [0.1, 0.15) is 5.69 Å². The molecular weight excluding hydrogens is 326 g/mol. The molecule has 1 aliphatic heterocycles. The summed E-state index contributed by atoms with van der Waals surface area (Å²) in [5, 5.41) is 1.60. The fraction of sp³-hybridized carbons (Fsp3) is 0.429. The van der Waals surface area contributed by atoms with Gasteiger partial charge in [0.25, 0.3) is 11.5 Å². The first-order valence-electron chi connectivity index (χ1n) is 9.25. The molecule has 0 radical (unpaired) electrons. The summed E-state index contributed by atoms with van der Waals surface area (Å²) < 4.78 is 3.56. The van der Waals surface area contributed by atoms with Crippen molar-refractivity contribution in [3.8, 4) is 0 Å². The number of benzene rings is 1. The summed E-state index contributed by atoms with van der Waals surface area (Å²) in [4.78, 5) is 28.0. The molecule has 136 valence electrons. The number of para-hydroxylation sites is 1. The van der Waals surface area contributed by atoms with Crippen LogP contribution in [0.25, 0.3) is 21.8 Å². The van der Waals surface area contributed by atoms with Crippen LogP contribution in [-0.4, -0.2) is 33.0 Å². The monoisotopic (exact) mass is 351 g/mol. The number of carbonyl (C=O) groups excluding carboxylic acids is 1. The lowest BCUT2D eigenvalue weighted by atomic mass is 9.92. The zero-order valence-corrected chi connectivity index (χ0v) is 15.8. The number of pyridine rings is 1. The van der Waals surface area contributed by atoms with Crippen LogP contribution in [0.5, 0.6) is 0 Å². The maximum atomic E-state index is 13.2. The molecule has 0 N–H and O–H groups in total. The molecule has 0 bridgehead atoms. The molecule has 2 atom stereocenters. The summed E-state index contributed by atoms with van der Waals surface area (Å²) in [7, 11) is 3.67. The van der Waals surface area contributed by atoms with Gasteiger partial charge < -0.3 is 14.0 Å². The van der Waals surface area contributed by atoms with E-state index < -0.39 is 0 Å². The molecule has 3 aromatic rings. The second kappa shape index (κ2) is 6.01. The van der Waals surface area contributed by atoms with Crippen LogP contribution in [0.2, 0.25) is 0 Å². The predicted octanol–water partition coefficient (Wildman–Crippen LogP) is 3.15. The average Bonchev–Trinajstić information content (AvgIpc) is 2.96. The molecule has 26 heavy (non-hydrogen) atoms. The molecule has 5 nitrogen and oxygen atoms in total. The van der Waals surface area contributed by atoms with Crippen molar-refractivity contribution in [2.75, 3.05) is 13.1 Å². The number of amides is 1. The van der Waals surface area contributed by atoms with Crippen LogP contribution < -0.4 is 5.56 Å². The number of likely N-dealkylation sites (tertiary alicyclic amines) is 1. The van der Waals surface area contributed by atoms with E-state index >= 15 is 0 Å². The summed E-state index contributed by atoms with van der Waals surface area (Å²) in [5.74, 6) is 1.03. The van der Waals surface area contributed by atoms with Gasteiger partial charge in [-0.1, -0.05) is 32.0 Å². The van der Waals surface area contributed by atoms with Gasteiger partial charge in [-0.3, -0.25) is 9.59 Å². The van der Waals surface area contributed by atoms with E-state index in [1.54, 1.807) is 17.7 Å². The maximum absolute atomic E-state index is 13.2. The highest BCUT2D eigenvalue weighted by Gasteiger charge is 2.28. The molecule has 2 aromatic heterocycles. The van der Waals surface area contributed by atoms with Gasteiger partial charge in [0.05, 0.1) is 16.4 Å². The zero-order valence-electron chi connectivity index (χ0n) is 15.8. The molecule has 5 heteroatoms. The van der Waals surface area contributed by atoms with E-state index in [1.807, 2.05) is 40.8 Å². The molecule has 1 saturated heterocycles. The first-order chi connectivity index (χ1) is 12.4. The Morgan fingerprint density at radius 3 is 2.35 bits per heavy atom. The smallest absolute Gasteiger partial charge is 0.270 e. The fourth-order valence-corrected chi connectivity index (χ4v) is 4.54. The number of piperidine rings is 1. The van der Waals surface area contributed by atoms with Crippen molar-refractivity contribution in [1.29, 1.82) is 0 Å². The number of rotatable bonds is 1. The molecule has 1 amide bonds. The van der Waals surface area contributed by atoms with Gasteiger partial charge in [0.2, 0.25) is 0 Å². The van der Waals surface area contributed by atoms with Gasteiger partial charge in [0.15, 0.2) is 0 Å². The van der Waals surface area contributed by atoms with Gasteiger partial charge in [0, 0.05) is 32.6 Å². The summed E-state index contributed by atoms with van der Waals surface area (Å²) in [5.41, 5.74) is 2.25. The normalized spacial score (nSPS) is 20.8. The molecule has 0 unspecified atom stereocenters. The van der Waals surface area contributed by atoms with Crippen molar-refractivity contribution < 1.29 is 4.79 Å². The van der Waals surface area contributed by atoms with Gasteiger partial charge in [-0.2, -0.15) is 0 Å². The van der Waals surface area contributed by atoms with Crippen LogP contribution in [0, 0.1) is 11.8 Å². The van der Waals surface area contributed by atoms with Gasteiger partial charge >= 0.3 is 0 Å². The van der Waals surface area contributed by atoms with E-state index in [0.29, 0.717) is 22.9 Å². The number of aromatic nitrogens is 2. The minimum Gasteiger partial charge on any atom is -0.339 e. The number of nitrogens with zero attached hydrogens (tertiary/aromatic N) is 3. The van der Waals surface area contributed by atoms with Crippen LogP contribution in [0.15, 0.2) is 35.1 Å². The van der Waals surface area contributed by atoms with Crippen LogP contribution >= 0.6 is 0 Å². The fourth-order valence-electron chi connectivity index (χ4n) is 4.54. The Morgan fingerprint density at radius 1 is 1.00 bits per heavy atom. The highest BCUT2D eigenvalue weighted by molar-refractivity contribution is 6.08. The Kier molecular flexibility index (Phi) is 3.90. The molecule has 1 aliphatic rings. The lowest BCUT2D eigenvalue weighted by Gasteiger charge is -2.35. The Labute approximate surface area is 152 Å². The lowest BCUT2D eigenvalue weighted by Crippen LogP contribution is -2.43. The van der Waals surface area contributed by atoms with E-state index in [1.165, 1.54) is 0 Å². The minimum absolute atomic E-state index is 0.0215. The Hall–Kier alpha value is -2.56. The Morgan fingerprint density at radius 2 is 1.65 bits per heavy atom. The molecule has 3 heterocycles. The molecule has 1 aromatic carbocycles. The maximum Gasteiger partial charge on any atom is 0.270 e. The van der Waals surface area contributed by atoms with Crippen LogP contribution in [0.1, 0.15) is 30.8 Å². The first-order valence-corrected chi connectivity index (χ1v) is 9.25. The summed E-state index contributed by atoms with van der Waals surface area (Å²) in [6.07, 6.45) is 1.16. The number of fused-ring (bicyclic) bond motifs is 3. The summed E-state index contributed by atoms with van der Waals surface area (Å²) in [6, 6.07) is 9.62.